The molecule has 0 aliphatic carbocycles. The highest BCUT2D eigenvalue weighted by molar-refractivity contribution is 5.49. The van der Waals surface area contributed by atoms with E-state index in [4.69, 9.17) is 5.11 Å². The molecule has 70 valence electrons. The normalized spacial score (nSPS) is 21.1. The van der Waals surface area contributed by atoms with E-state index in [0.717, 1.165) is 19.0 Å². The predicted octanol–water partition coefficient (Wildman–Crippen LogP) is 0.838. The van der Waals surface area contributed by atoms with Crippen molar-refractivity contribution in [3.05, 3.63) is 17.7 Å². The lowest BCUT2D eigenvalue weighted by molar-refractivity contribution is 0.354. The van der Waals surface area contributed by atoms with E-state index in [1.807, 2.05) is 0 Å². The molecule has 1 aliphatic rings. The largest absolute Gasteiger partial charge is 0.507 e. The van der Waals surface area contributed by atoms with Crippen molar-refractivity contribution in [2.75, 3.05) is 6.54 Å². The fraction of sp³-hybridized carbons (Fsp3) is 0.333. The summed E-state index contributed by atoms with van der Waals surface area (Å²) in [6.45, 7) is 0.922. The Morgan fingerprint density at radius 3 is 2.23 bits per heavy atom. The molecular formula is C9H11NO3. The molecule has 0 aromatic heterocycles. The van der Waals surface area contributed by atoms with E-state index in [2.05, 4.69) is 5.32 Å². The summed E-state index contributed by atoms with van der Waals surface area (Å²) >= 11 is 0. The summed E-state index contributed by atoms with van der Waals surface area (Å²) < 4.78 is 0. The predicted molar refractivity (Wildman–Crippen MR) is 46.8 cm³/mol. The number of benzene rings is 1. The van der Waals surface area contributed by atoms with Crippen LogP contribution in [0.5, 0.6) is 17.2 Å². The van der Waals surface area contributed by atoms with Gasteiger partial charge in [0.1, 0.15) is 5.75 Å². The minimum Gasteiger partial charge on any atom is -0.507 e. The van der Waals surface area contributed by atoms with Gasteiger partial charge in [-0.05, 0) is 19.0 Å². The van der Waals surface area contributed by atoms with Crippen molar-refractivity contribution in [3.63, 3.8) is 0 Å². The summed E-state index contributed by atoms with van der Waals surface area (Å²) in [7, 11) is 0. The van der Waals surface area contributed by atoms with Gasteiger partial charge in [0.05, 0.1) is 0 Å². The first-order chi connectivity index (χ1) is 6.18. The third-order valence-corrected chi connectivity index (χ3v) is 2.32. The molecule has 1 atom stereocenters. The maximum Gasteiger partial charge on any atom is 0.161 e. The fourth-order valence-corrected chi connectivity index (χ4v) is 1.42. The lowest BCUT2D eigenvalue weighted by atomic mass is 9.97. The number of nitrogens with one attached hydrogen (secondary N) is 1. The van der Waals surface area contributed by atoms with Gasteiger partial charge in [-0.15, -0.1) is 0 Å². The quantitative estimate of drug-likeness (QED) is 0.382. The Balaban J connectivity index is 2.39. The number of phenolic OH excluding ortho intramolecular Hbond substituents is 3. The van der Waals surface area contributed by atoms with Gasteiger partial charge in [0.2, 0.25) is 0 Å². The zero-order valence-corrected chi connectivity index (χ0v) is 6.99. The summed E-state index contributed by atoms with van der Waals surface area (Å²) in [6, 6.07) is 2.65. The van der Waals surface area contributed by atoms with Crippen molar-refractivity contribution in [1.29, 1.82) is 0 Å². The Bertz CT molecular complexity index is 334. The van der Waals surface area contributed by atoms with Crippen molar-refractivity contribution >= 4 is 0 Å². The Labute approximate surface area is 75.5 Å². The van der Waals surface area contributed by atoms with Crippen LogP contribution in [0.4, 0.5) is 0 Å². The maximum atomic E-state index is 9.44. The first kappa shape index (κ1) is 8.19. The topological polar surface area (TPSA) is 72.7 Å². The van der Waals surface area contributed by atoms with E-state index in [1.165, 1.54) is 6.07 Å². The van der Waals surface area contributed by atoms with E-state index >= 15 is 0 Å². The average molecular weight is 181 g/mol. The van der Waals surface area contributed by atoms with Gasteiger partial charge in [0, 0.05) is 17.7 Å². The van der Waals surface area contributed by atoms with Crippen LogP contribution < -0.4 is 5.32 Å². The lowest BCUT2D eigenvalue weighted by Gasteiger charge is -2.28. The van der Waals surface area contributed by atoms with Crippen molar-refractivity contribution in [1.82, 2.24) is 5.32 Å². The second kappa shape index (κ2) is 2.81. The molecular weight excluding hydrogens is 170 g/mol. The molecule has 1 heterocycles. The standard InChI is InChI=1S/C9H11NO3/c11-7-4-9(13)8(12)3-5(7)6-1-2-10-6/h3-4,6,10-13H,1-2H2. The molecule has 4 nitrogen and oxygen atoms in total. The minimum atomic E-state index is -0.291. The van der Waals surface area contributed by atoms with Gasteiger partial charge in [-0.1, -0.05) is 0 Å². The van der Waals surface area contributed by atoms with E-state index in [0.29, 0.717) is 5.56 Å². The third kappa shape index (κ3) is 1.29. The Morgan fingerprint density at radius 2 is 1.69 bits per heavy atom. The van der Waals surface area contributed by atoms with Crippen molar-refractivity contribution < 1.29 is 15.3 Å². The van der Waals surface area contributed by atoms with Gasteiger partial charge in [-0.2, -0.15) is 0 Å². The molecule has 0 amide bonds. The van der Waals surface area contributed by atoms with Crippen molar-refractivity contribution in [3.8, 4) is 17.2 Å². The molecule has 1 unspecified atom stereocenters. The summed E-state index contributed by atoms with van der Waals surface area (Å²) in [6.07, 6.45) is 0.942. The van der Waals surface area contributed by atoms with Crippen LogP contribution in [-0.4, -0.2) is 21.9 Å². The molecule has 4 N–H and O–H groups in total. The van der Waals surface area contributed by atoms with E-state index in [1.54, 1.807) is 0 Å². The number of hydrogen-bond donors (Lipinski definition) is 4. The Morgan fingerprint density at radius 1 is 1.08 bits per heavy atom. The molecule has 0 spiro atoms. The van der Waals surface area contributed by atoms with Crippen LogP contribution in [0.15, 0.2) is 12.1 Å². The van der Waals surface area contributed by atoms with E-state index in [-0.39, 0.29) is 23.3 Å². The maximum absolute atomic E-state index is 9.44. The average Bonchev–Trinajstić information content (AvgIpc) is 1.96. The third-order valence-electron chi connectivity index (χ3n) is 2.32. The first-order valence-corrected chi connectivity index (χ1v) is 4.16. The van der Waals surface area contributed by atoms with Crippen LogP contribution >= 0.6 is 0 Å². The molecule has 0 radical (unpaired) electrons. The molecule has 0 bridgehead atoms. The van der Waals surface area contributed by atoms with Gasteiger partial charge in [-0.3, -0.25) is 0 Å². The molecule has 4 heteroatoms. The second-order valence-corrected chi connectivity index (χ2v) is 3.20. The molecule has 1 aromatic carbocycles. The lowest BCUT2D eigenvalue weighted by Crippen LogP contribution is -2.34. The van der Waals surface area contributed by atoms with Crippen molar-refractivity contribution in [2.45, 2.75) is 12.5 Å². The SMILES string of the molecule is Oc1cc(O)c(C2CCN2)cc1O. The van der Waals surface area contributed by atoms with Gasteiger partial charge in [0.25, 0.3) is 0 Å². The van der Waals surface area contributed by atoms with Crippen LogP contribution in [0.3, 0.4) is 0 Å². The summed E-state index contributed by atoms with van der Waals surface area (Å²) in [5.74, 6) is -0.463. The van der Waals surface area contributed by atoms with Crippen LogP contribution in [0.25, 0.3) is 0 Å². The van der Waals surface area contributed by atoms with Crippen LogP contribution in [0, 0.1) is 0 Å². The number of phenols is 3. The van der Waals surface area contributed by atoms with E-state index < -0.39 is 0 Å². The van der Waals surface area contributed by atoms with Crippen molar-refractivity contribution in [2.24, 2.45) is 0 Å². The number of hydrogen-bond acceptors (Lipinski definition) is 4. The highest BCUT2D eigenvalue weighted by Crippen LogP contribution is 2.37. The van der Waals surface area contributed by atoms with Crippen LogP contribution in [0.1, 0.15) is 18.0 Å². The summed E-state index contributed by atoms with van der Waals surface area (Å²) in [5, 5.41) is 30.8. The summed E-state index contributed by atoms with van der Waals surface area (Å²) in [4.78, 5) is 0. The number of aromatic hydroxyl groups is 3. The molecule has 1 aromatic rings. The first-order valence-electron chi connectivity index (χ1n) is 4.16. The highest BCUT2D eigenvalue weighted by Gasteiger charge is 2.22. The van der Waals surface area contributed by atoms with E-state index in [9.17, 15) is 10.2 Å². The van der Waals surface area contributed by atoms with Gasteiger partial charge < -0.3 is 20.6 Å². The summed E-state index contributed by atoms with van der Waals surface area (Å²) in [5.41, 5.74) is 0.640. The molecule has 1 aliphatic heterocycles. The zero-order valence-electron chi connectivity index (χ0n) is 6.99. The second-order valence-electron chi connectivity index (χ2n) is 3.20. The molecule has 0 saturated carbocycles. The molecule has 1 fully saturated rings. The fourth-order valence-electron chi connectivity index (χ4n) is 1.42. The Kier molecular flexibility index (Phi) is 1.77. The molecule has 2 rings (SSSR count). The van der Waals surface area contributed by atoms with Crippen LogP contribution in [0.2, 0.25) is 0 Å². The van der Waals surface area contributed by atoms with Gasteiger partial charge >= 0.3 is 0 Å². The Hall–Kier alpha value is -1.42. The van der Waals surface area contributed by atoms with Gasteiger partial charge in [0.15, 0.2) is 11.5 Å². The molecule has 1 saturated heterocycles. The van der Waals surface area contributed by atoms with Crippen LogP contribution in [-0.2, 0) is 0 Å². The zero-order chi connectivity index (χ0) is 9.42. The monoisotopic (exact) mass is 181 g/mol. The number of rotatable bonds is 1. The van der Waals surface area contributed by atoms with Gasteiger partial charge in [-0.25, -0.2) is 0 Å². The molecule has 13 heavy (non-hydrogen) atoms. The highest BCUT2D eigenvalue weighted by atomic mass is 16.3. The minimum absolute atomic E-state index is 0.0208. The smallest absolute Gasteiger partial charge is 0.161 e.